The molecule has 102 valence electrons. The quantitative estimate of drug-likeness (QED) is 0.550. The molecule has 0 heterocycles. The van der Waals surface area contributed by atoms with E-state index >= 15 is 0 Å². The van der Waals surface area contributed by atoms with Crippen LogP contribution in [0.3, 0.4) is 0 Å². The summed E-state index contributed by atoms with van der Waals surface area (Å²) in [5.74, 6) is 0.623. The molecule has 1 aliphatic carbocycles. The second-order valence-corrected chi connectivity index (χ2v) is 6.12. The van der Waals surface area contributed by atoms with Gasteiger partial charge in [-0.3, -0.25) is 0 Å². The second kappa shape index (κ2) is 6.14. The molecule has 1 rings (SSSR count). The lowest BCUT2D eigenvalue weighted by Crippen LogP contribution is -2.55. The predicted molar refractivity (Wildman–Crippen MR) is 67.7 cm³/mol. The number of aliphatic hydroxyl groups is 3. The molecule has 1 aliphatic rings. The van der Waals surface area contributed by atoms with Crippen molar-refractivity contribution in [3.8, 4) is 0 Å². The Morgan fingerprint density at radius 1 is 1.29 bits per heavy atom. The summed E-state index contributed by atoms with van der Waals surface area (Å²) in [6, 6.07) is 0. The Hall–Kier alpha value is -0.160. The molecule has 4 heteroatoms. The molecule has 2 atom stereocenters. The molecule has 0 spiro atoms. The monoisotopic (exact) mass is 245 g/mol. The number of aliphatic hydroxyl groups excluding tert-OH is 3. The van der Waals surface area contributed by atoms with E-state index in [9.17, 15) is 15.3 Å². The molecule has 1 fully saturated rings. The Bertz CT molecular complexity index is 231. The van der Waals surface area contributed by atoms with E-state index in [4.69, 9.17) is 0 Å². The molecular weight excluding hydrogens is 218 g/mol. The van der Waals surface area contributed by atoms with Gasteiger partial charge in [0.05, 0.1) is 19.8 Å². The Labute approximate surface area is 104 Å². The maximum Gasteiger partial charge on any atom is 0.0613 e. The first-order valence-corrected chi connectivity index (χ1v) is 6.57. The third-order valence-corrected chi connectivity index (χ3v) is 4.05. The van der Waals surface area contributed by atoms with Crippen molar-refractivity contribution in [2.24, 2.45) is 11.3 Å². The van der Waals surface area contributed by atoms with Crippen LogP contribution < -0.4 is 5.32 Å². The van der Waals surface area contributed by atoms with Gasteiger partial charge in [-0.25, -0.2) is 0 Å². The third-order valence-electron chi connectivity index (χ3n) is 4.05. The van der Waals surface area contributed by atoms with Crippen molar-refractivity contribution in [1.29, 1.82) is 0 Å². The summed E-state index contributed by atoms with van der Waals surface area (Å²) in [7, 11) is 0. The van der Waals surface area contributed by atoms with Crippen LogP contribution in [0.15, 0.2) is 0 Å². The van der Waals surface area contributed by atoms with Crippen LogP contribution in [-0.2, 0) is 0 Å². The van der Waals surface area contributed by atoms with Crippen molar-refractivity contribution in [2.45, 2.75) is 45.1 Å². The molecule has 1 saturated carbocycles. The fourth-order valence-corrected chi connectivity index (χ4v) is 2.58. The van der Waals surface area contributed by atoms with Gasteiger partial charge in [-0.05, 0) is 18.8 Å². The molecule has 4 N–H and O–H groups in total. The van der Waals surface area contributed by atoms with E-state index in [1.54, 1.807) is 0 Å². The Kier molecular flexibility index (Phi) is 5.38. The largest absolute Gasteiger partial charge is 0.396 e. The summed E-state index contributed by atoms with van der Waals surface area (Å²) in [6.45, 7) is 4.62. The van der Waals surface area contributed by atoms with Crippen LogP contribution in [0.1, 0.15) is 39.5 Å². The van der Waals surface area contributed by atoms with Crippen LogP contribution in [0.25, 0.3) is 0 Å². The summed E-state index contributed by atoms with van der Waals surface area (Å²) in [6.07, 6.45) is 4.29. The van der Waals surface area contributed by atoms with Crippen LogP contribution in [0.2, 0.25) is 0 Å². The van der Waals surface area contributed by atoms with Gasteiger partial charge in [-0.1, -0.05) is 26.7 Å². The molecule has 4 nitrogen and oxygen atoms in total. The highest BCUT2D eigenvalue weighted by atomic mass is 16.3. The van der Waals surface area contributed by atoms with Crippen molar-refractivity contribution in [3.05, 3.63) is 0 Å². The first-order chi connectivity index (χ1) is 7.99. The maximum absolute atomic E-state index is 9.61. The lowest BCUT2D eigenvalue weighted by Gasteiger charge is -2.42. The SMILES string of the molecule is CC1CCCC(CO)(NCC(C)(CO)CO)C1. The van der Waals surface area contributed by atoms with Crippen LogP contribution in [0.5, 0.6) is 0 Å². The van der Waals surface area contributed by atoms with E-state index in [1.165, 1.54) is 6.42 Å². The van der Waals surface area contributed by atoms with Gasteiger partial charge in [0.1, 0.15) is 0 Å². The molecule has 17 heavy (non-hydrogen) atoms. The average Bonchev–Trinajstić information content (AvgIpc) is 2.36. The molecular formula is C13H27NO3. The lowest BCUT2D eigenvalue weighted by atomic mass is 9.76. The van der Waals surface area contributed by atoms with E-state index < -0.39 is 5.41 Å². The summed E-state index contributed by atoms with van der Waals surface area (Å²) in [5.41, 5.74) is -0.730. The van der Waals surface area contributed by atoms with E-state index in [0.717, 1.165) is 19.3 Å². The highest BCUT2D eigenvalue weighted by Crippen LogP contribution is 2.32. The zero-order chi connectivity index (χ0) is 12.9. The van der Waals surface area contributed by atoms with Gasteiger partial charge in [-0.15, -0.1) is 0 Å². The van der Waals surface area contributed by atoms with Gasteiger partial charge in [0.25, 0.3) is 0 Å². The minimum absolute atomic E-state index is 0.0481. The summed E-state index contributed by atoms with van der Waals surface area (Å²) >= 11 is 0. The van der Waals surface area contributed by atoms with Crippen LogP contribution >= 0.6 is 0 Å². The standard InChI is InChI=1S/C13H27NO3/c1-11-4-3-5-13(6-11,10-17)14-7-12(2,8-15)9-16/h11,14-17H,3-10H2,1-2H3. The van der Waals surface area contributed by atoms with Gasteiger partial charge in [0.2, 0.25) is 0 Å². The van der Waals surface area contributed by atoms with Gasteiger partial charge in [-0.2, -0.15) is 0 Å². The Morgan fingerprint density at radius 2 is 1.94 bits per heavy atom. The Morgan fingerprint density at radius 3 is 2.41 bits per heavy atom. The average molecular weight is 245 g/mol. The van der Waals surface area contributed by atoms with E-state index in [0.29, 0.717) is 12.5 Å². The van der Waals surface area contributed by atoms with Crippen molar-refractivity contribution in [1.82, 2.24) is 5.32 Å². The van der Waals surface area contributed by atoms with E-state index in [-0.39, 0.29) is 25.4 Å². The van der Waals surface area contributed by atoms with E-state index in [2.05, 4.69) is 12.2 Å². The van der Waals surface area contributed by atoms with Crippen LogP contribution in [-0.4, -0.2) is 47.2 Å². The fourth-order valence-electron chi connectivity index (χ4n) is 2.58. The molecule has 0 aromatic heterocycles. The minimum Gasteiger partial charge on any atom is -0.396 e. The third kappa shape index (κ3) is 3.91. The molecule has 0 bridgehead atoms. The number of nitrogens with one attached hydrogen (secondary N) is 1. The number of rotatable bonds is 6. The highest BCUT2D eigenvalue weighted by Gasteiger charge is 2.36. The molecule has 2 unspecified atom stereocenters. The van der Waals surface area contributed by atoms with Gasteiger partial charge >= 0.3 is 0 Å². The lowest BCUT2D eigenvalue weighted by molar-refractivity contribution is 0.0400. The highest BCUT2D eigenvalue weighted by molar-refractivity contribution is 4.94. The van der Waals surface area contributed by atoms with Gasteiger partial charge in [0.15, 0.2) is 0 Å². The van der Waals surface area contributed by atoms with E-state index in [1.807, 2.05) is 6.92 Å². The van der Waals surface area contributed by atoms with Crippen molar-refractivity contribution in [3.63, 3.8) is 0 Å². The Balaban J connectivity index is 2.57. The van der Waals surface area contributed by atoms with Crippen molar-refractivity contribution < 1.29 is 15.3 Å². The molecule has 0 aromatic rings. The first kappa shape index (κ1) is 14.9. The zero-order valence-electron chi connectivity index (χ0n) is 11.1. The number of hydrogen-bond donors (Lipinski definition) is 4. The van der Waals surface area contributed by atoms with Crippen molar-refractivity contribution >= 4 is 0 Å². The predicted octanol–water partition coefficient (Wildman–Crippen LogP) is 0.508. The van der Waals surface area contributed by atoms with Crippen molar-refractivity contribution in [2.75, 3.05) is 26.4 Å². The van der Waals surface area contributed by atoms with Crippen LogP contribution in [0.4, 0.5) is 0 Å². The minimum atomic E-state index is -0.511. The fraction of sp³-hybridized carbons (Fsp3) is 1.00. The second-order valence-electron chi connectivity index (χ2n) is 6.12. The number of hydrogen-bond acceptors (Lipinski definition) is 4. The van der Waals surface area contributed by atoms with Crippen LogP contribution in [0, 0.1) is 11.3 Å². The zero-order valence-corrected chi connectivity index (χ0v) is 11.1. The molecule has 0 aliphatic heterocycles. The van der Waals surface area contributed by atoms with Gasteiger partial charge < -0.3 is 20.6 Å². The maximum atomic E-state index is 9.61. The van der Waals surface area contributed by atoms with Gasteiger partial charge in [0, 0.05) is 17.5 Å². The molecule has 0 aromatic carbocycles. The summed E-state index contributed by atoms with van der Waals surface area (Å²) in [4.78, 5) is 0. The topological polar surface area (TPSA) is 72.7 Å². The first-order valence-electron chi connectivity index (χ1n) is 6.57. The smallest absolute Gasteiger partial charge is 0.0613 e. The molecule has 0 amide bonds. The summed E-state index contributed by atoms with van der Waals surface area (Å²) in [5, 5.41) is 31.5. The molecule has 0 radical (unpaired) electrons. The molecule has 0 saturated heterocycles. The summed E-state index contributed by atoms with van der Waals surface area (Å²) < 4.78 is 0. The normalized spacial score (nSPS) is 30.5.